The Morgan fingerprint density at radius 3 is 1.92 bits per heavy atom. The minimum Gasteiger partial charge on any atom is -0.303 e. The van der Waals surface area contributed by atoms with E-state index in [-0.39, 0.29) is 0 Å². The first-order chi connectivity index (χ1) is 6.41. The molecule has 0 aliphatic carbocycles. The second-order valence-corrected chi connectivity index (χ2v) is 3.43. The summed E-state index contributed by atoms with van der Waals surface area (Å²) >= 11 is 0. The summed E-state index contributed by atoms with van der Waals surface area (Å²) in [4.78, 5) is 10.0. The fraction of sp³-hybridized carbons (Fsp3) is 0.750. The third-order valence-corrected chi connectivity index (χ3v) is 2.18. The van der Waals surface area contributed by atoms with Crippen LogP contribution < -0.4 is 0 Å². The Bertz CT molecular complexity index is 127. The van der Waals surface area contributed by atoms with Crippen molar-refractivity contribution in [1.29, 1.82) is 0 Å². The molecule has 76 valence electrons. The van der Waals surface area contributed by atoms with Gasteiger partial charge in [0.2, 0.25) is 0 Å². The van der Waals surface area contributed by atoms with Crippen LogP contribution in [0.1, 0.15) is 58.3 Å². The van der Waals surface area contributed by atoms with E-state index in [2.05, 4.69) is 19.1 Å². The lowest BCUT2D eigenvalue weighted by Crippen LogP contribution is -1.80. The third-order valence-electron chi connectivity index (χ3n) is 2.18. The summed E-state index contributed by atoms with van der Waals surface area (Å²) < 4.78 is 0. The van der Waals surface area contributed by atoms with Crippen LogP contribution in [0.4, 0.5) is 0 Å². The smallest absolute Gasteiger partial charge is 0.119 e. The van der Waals surface area contributed by atoms with Gasteiger partial charge in [0, 0.05) is 6.42 Å². The van der Waals surface area contributed by atoms with Crippen molar-refractivity contribution in [2.24, 2.45) is 0 Å². The van der Waals surface area contributed by atoms with Gasteiger partial charge in [0.1, 0.15) is 6.29 Å². The fourth-order valence-electron chi connectivity index (χ4n) is 1.36. The standard InChI is InChI=1S/C12H22O/c1-2-3-4-5-6-7-8-9-10-11-12-13/h2-3,12H,4-11H2,1H3/b3-2+. The molecule has 1 heteroatoms. The molecule has 0 bridgehead atoms. The topological polar surface area (TPSA) is 17.1 Å². The molecule has 0 radical (unpaired) electrons. The van der Waals surface area contributed by atoms with Gasteiger partial charge in [-0.05, 0) is 26.2 Å². The minimum atomic E-state index is 0.749. The van der Waals surface area contributed by atoms with Crippen LogP contribution in [0.25, 0.3) is 0 Å². The van der Waals surface area contributed by atoms with Gasteiger partial charge in [-0.3, -0.25) is 0 Å². The van der Waals surface area contributed by atoms with Crippen molar-refractivity contribution >= 4 is 6.29 Å². The maximum Gasteiger partial charge on any atom is 0.119 e. The van der Waals surface area contributed by atoms with Gasteiger partial charge in [-0.15, -0.1) is 0 Å². The van der Waals surface area contributed by atoms with Gasteiger partial charge in [0.15, 0.2) is 0 Å². The Morgan fingerprint density at radius 1 is 0.846 bits per heavy atom. The van der Waals surface area contributed by atoms with E-state index in [9.17, 15) is 4.79 Å². The van der Waals surface area contributed by atoms with Crippen molar-refractivity contribution in [3.8, 4) is 0 Å². The van der Waals surface area contributed by atoms with Crippen LogP contribution in [-0.2, 0) is 4.79 Å². The summed E-state index contributed by atoms with van der Waals surface area (Å²) in [7, 11) is 0. The van der Waals surface area contributed by atoms with Crippen molar-refractivity contribution in [2.75, 3.05) is 0 Å². The van der Waals surface area contributed by atoms with Gasteiger partial charge < -0.3 is 4.79 Å². The summed E-state index contributed by atoms with van der Waals surface area (Å²) in [6.45, 7) is 2.07. The molecule has 0 rings (SSSR count). The number of carbonyl (C=O) groups is 1. The summed E-state index contributed by atoms with van der Waals surface area (Å²) in [6, 6.07) is 0. The molecule has 0 atom stereocenters. The first-order valence-corrected chi connectivity index (χ1v) is 5.46. The number of aldehydes is 1. The Hall–Kier alpha value is -0.590. The van der Waals surface area contributed by atoms with Crippen LogP contribution in [0.2, 0.25) is 0 Å². The monoisotopic (exact) mass is 182 g/mol. The second-order valence-electron chi connectivity index (χ2n) is 3.43. The van der Waals surface area contributed by atoms with Crippen molar-refractivity contribution in [1.82, 2.24) is 0 Å². The van der Waals surface area contributed by atoms with Gasteiger partial charge >= 0.3 is 0 Å². The molecule has 0 heterocycles. The number of unbranched alkanes of at least 4 members (excludes halogenated alkanes) is 7. The molecule has 0 amide bonds. The summed E-state index contributed by atoms with van der Waals surface area (Å²) in [5.74, 6) is 0. The maximum absolute atomic E-state index is 10.0. The van der Waals surface area contributed by atoms with E-state index in [1.807, 2.05) is 0 Å². The molecule has 0 aromatic heterocycles. The fourth-order valence-corrected chi connectivity index (χ4v) is 1.36. The van der Waals surface area contributed by atoms with Gasteiger partial charge in [-0.2, -0.15) is 0 Å². The molecular weight excluding hydrogens is 160 g/mol. The summed E-state index contributed by atoms with van der Waals surface area (Å²) in [5, 5.41) is 0. The van der Waals surface area contributed by atoms with Crippen molar-refractivity contribution < 1.29 is 4.79 Å². The maximum atomic E-state index is 10.0. The van der Waals surface area contributed by atoms with Gasteiger partial charge in [-0.25, -0.2) is 0 Å². The lowest BCUT2D eigenvalue weighted by atomic mass is 10.1. The van der Waals surface area contributed by atoms with Gasteiger partial charge in [0.25, 0.3) is 0 Å². The first kappa shape index (κ1) is 12.4. The molecule has 1 nitrogen and oxygen atoms in total. The minimum absolute atomic E-state index is 0.749. The second kappa shape index (κ2) is 11.4. The number of hydrogen-bond acceptors (Lipinski definition) is 1. The molecule has 0 aliphatic rings. The van der Waals surface area contributed by atoms with Gasteiger partial charge in [-0.1, -0.05) is 37.8 Å². The average Bonchev–Trinajstić information content (AvgIpc) is 2.16. The highest BCUT2D eigenvalue weighted by atomic mass is 16.1. The van der Waals surface area contributed by atoms with Crippen LogP contribution in [0.15, 0.2) is 12.2 Å². The summed E-state index contributed by atoms with van der Waals surface area (Å²) in [6.07, 6.45) is 14.9. The SMILES string of the molecule is C/C=C/CCCCCCCCC=O. The van der Waals surface area contributed by atoms with Crippen molar-refractivity contribution in [2.45, 2.75) is 58.3 Å². The van der Waals surface area contributed by atoms with E-state index in [0.29, 0.717) is 0 Å². The highest BCUT2D eigenvalue weighted by Crippen LogP contribution is 2.08. The molecule has 0 unspecified atom stereocenters. The molecule has 0 aromatic rings. The lowest BCUT2D eigenvalue weighted by Gasteiger charge is -1.98. The van der Waals surface area contributed by atoms with Crippen LogP contribution >= 0.6 is 0 Å². The lowest BCUT2D eigenvalue weighted by molar-refractivity contribution is -0.107. The zero-order valence-electron chi connectivity index (χ0n) is 8.80. The molecule has 13 heavy (non-hydrogen) atoms. The molecule has 0 fully saturated rings. The van der Waals surface area contributed by atoms with E-state index in [1.54, 1.807) is 0 Å². The quantitative estimate of drug-likeness (QED) is 0.300. The van der Waals surface area contributed by atoms with E-state index in [0.717, 1.165) is 19.1 Å². The number of rotatable bonds is 9. The van der Waals surface area contributed by atoms with E-state index < -0.39 is 0 Å². The highest BCUT2D eigenvalue weighted by molar-refractivity contribution is 5.48. The van der Waals surface area contributed by atoms with Crippen LogP contribution in [0.5, 0.6) is 0 Å². The first-order valence-electron chi connectivity index (χ1n) is 5.46. The average molecular weight is 182 g/mol. The number of hydrogen-bond donors (Lipinski definition) is 0. The van der Waals surface area contributed by atoms with Gasteiger partial charge in [0.05, 0.1) is 0 Å². The van der Waals surface area contributed by atoms with Crippen molar-refractivity contribution in [3.63, 3.8) is 0 Å². The molecule has 0 aromatic carbocycles. The van der Waals surface area contributed by atoms with E-state index >= 15 is 0 Å². The molecule has 0 aliphatic heterocycles. The van der Waals surface area contributed by atoms with E-state index in [1.165, 1.54) is 38.5 Å². The Kier molecular flexibility index (Phi) is 10.9. The molecule has 0 N–H and O–H groups in total. The predicted octanol–water partition coefficient (Wildman–Crippen LogP) is 3.88. The number of carbonyl (C=O) groups excluding carboxylic acids is 1. The normalized spacial score (nSPS) is 10.8. The van der Waals surface area contributed by atoms with Crippen molar-refractivity contribution in [3.05, 3.63) is 12.2 Å². The Balaban J connectivity index is 2.87. The molecule has 0 saturated carbocycles. The third kappa shape index (κ3) is 11.4. The molecule has 0 saturated heterocycles. The van der Waals surface area contributed by atoms with Crippen LogP contribution in [-0.4, -0.2) is 6.29 Å². The Labute approximate surface area is 82.2 Å². The zero-order chi connectivity index (χ0) is 9.78. The van der Waals surface area contributed by atoms with E-state index in [4.69, 9.17) is 0 Å². The Morgan fingerprint density at radius 2 is 1.38 bits per heavy atom. The zero-order valence-corrected chi connectivity index (χ0v) is 8.80. The molecule has 0 spiro atoms. The molecular formula is C12H22O. The number of allylic oxidation sites excluding steroid dienone is 2. The largest absolute Gasteiger partial charge is 0.303 e. The van der Waals surface area contributed by atoms with Crippen LogP contribution in [0, 0.1) is 0 Å². The summed E-state index contributed by atoms with van der Waals surface area (Å²) in [5.41, 5.74) is 0. The van der Waals surface area contributed by atoms with Crippen LogP contribution in [0.3, 0.4) is 0 Å². The highest BCUT2D eigenvalue weighted by Gasteiger charge is 1.89. The predicted molar refractivity (Wildman–Crippen MR) is 57.8 cm³/mol.